The molecule has 0 spiro atoms. The Morgan fingerprint density at radius 1 is 1.25 bits per heavy atom. The zero-order valence-corrected chi connectivity index (χ0v) is 12.5. The number of para-hydroxylation sites is 1. The van der Waals surface area contributed by atoms with Gasteiger partial charge in [0, 0.05) is 10.2 Å². The van der Waals surface area contributed by atoms with Crippen molar-refractivity contribution < 1.29 is 9.18 Å². The van der Waals surface area contributed by atoms with E-state index in [2.05, 4.69) is 26.6 Å². The predicted molar refractivity (Wildman–Crippen MR) is 82.4 cm³/mol. The first-order valence-electron chi connectivity index (χ1n) is 6.10. The number of halogens is 2. The lowest BCUT2D eigenvalue weighted by molar-refractivity contribution is -0.114. The molecule has 2 aromatic rings. The third-order valence-corrected chi connectivity index (χ3v) is 3.46. The number of carbonyl (C=O) groups excluding carboxylic acids is 1. The molecular formula is C15H14BrFN2O. The number of hydrogen-bond acceptors (Lipinski definition) is 2. The van der Waals surface area contributed by atoms with Crippen LogP contribution in [0.3, 0.4) is 0 Å². The minimum absolute atomic E-state index is 0.0732. The summed E-state index contributed by atoms with van der Waals surface area (Å²) in [5.41, 5.74) is 1.86. The molecule has 0 saturated heterocycles. The number of carbonyl (C=O) groups is 1. The summed E-state index contributed by atoms with van der Waals surface area (Å²) in [7, 11) is 0. The third kappa shape index (κ3) is 3.81. The van der Waals surface area contributed by atoms with Crippen LogP contribution in [0.5, 0.6) is 0 Å². The van der Waals surface area contributed by atoms with Gasteiger partial charge < -0.3 is 10.6 Å². The molecule has 0 atom stereocenters. The zero-order valence-electron chi connectivity index (χ0n) is 10.9. The second-order valence-electron chi connectivity index (χ2n) is 4.35. The number of rotatable bonds is 4. The molecule has 3 nitrogen and oxygen atoms in total. The van der Waals surface area contributed by atoms with Gasteiger partial charge in [0.25, 0.3) is 0 Å². The lowest BCUT2D eigenvalue weighted by atomic mass is 10.2. The fourth-order valence-electron chi connectivity index (χ4n) is 1.64. The first-order valence-corrected chi connectivity index (χ1v) is 6.90. The number of hydrogen-bond donors (Lipinski definition) is 2. The average molecular weight is 337 g/mol. The van der Waals surface area contributed by atoms with Crippen LogP contribution < -0.4 is 10.6 Å². The summed E-state index contributed by atoms with van der Waals surface area (Å²) in [4.78, 5) is 11.8. The van der Waals surface area contributed by atoms with E-state index in [0.717, 1.165) is 4.47 Å². The molecule has 0 aliphatic rings. The topological polar surface area (TPSA) is 41.1 Å². The summed E-state index contributed by atoms with van der Waals surface area (Å²) in [5, 5.41) is 5.65. The molecule has 2 aromatic carbocycles. The number of aryl methyl sites for hydroxylation is 1. The summed E-state index contributed by atoms with van der Waals surface area (Å²) in [6, 6.07) is 12.1. The van der Waals surface area contributed by atoms with Crippen molar-refractivity contribution >= 4 is 33.2 Å². The van der Waals surface area contributed by atoms with E-state index in [1.807, 2.05) is 18.2 Å². The van der Waals surface area contributed by atoms with Crippen LogP contribution in [0.25, 0.3) is 0 Å². The Labute approximate surface area is 125 Å². The maximum atomic E-state index is 13.4. The van der Waals surface area contributed by atoms with Crippen LogP contribution in [0.4, 0.5) is 15.8 Å². The number of nitrogens with one attached hydrogen (secondary N) is 2. The van der Waals surface area contributed by atoms with Gasteiger partial charge in [0.05, 0.1) is 12.2 Å². The molecule has 0 radical (unpaired) electrons. The molecule has 5 heteroatoms. The Morgan fingerprint density at radius 2 is 2.00 bits per heavy atom. The smallest absolute Gasteiger partial charge is 0.243 e. The molecule has 2 rings (SSSR count). The monoisotopic (exact) mass is 336 g/mol. The lowest BCUT2D eigenvalue weighted by Crippen LogP contribution is -2.22. The van der Waals surface area contributed by atoms with Crippen LogP contribution in [0, 0.1) is 12.7 Å². The summed E-state index contributed by atoms with van der Waals surface area (Å²) >= 11 is 3.35. The van der Waals surface area contributed by atoms with Gasteiger partial charge in [-0.25, -0.2) is 4.39 Å². The highest BCUT2D eigenvalue weighted by Crippen LogP contribution is 2.21. The van der Waals surface area contributed by atoms with E-state index >= 15 is 0 Å². The molecule has 0 aliphatic heterocycles. The van der Waals surface area contributed by atoms with Crippen LogP contribution in [-0.2, 0) is 4.79 Å². The van der Waals surface area contributed by atoms with Crippen molar-refractivity contribution in [2.75, 3.05) is 17.2 Å². The van der Waals surface area contributed by atoms with Gasteiger partial charge in [0.1, 0.15) is 5.82 Å². The standard InChI is InChI=1S/C15H14BrFN2O/c1-10-6-7-11(8-13(10)17)18-9-15(20)19-14-5-3-2-4-12(14)16/h2-8,18H,9H2,1H3,(H,19,20). The van der Waals surface area contributed by atoms with Gasteiger partial charge in [0.2, 0.25) is 5.91 Å². The Bertz CT molecular complexity index is 631. The van der Waals surface area contributed by atoms with Crippen LogP contribution in [0.1, 0.15) is 5.56 Å². The van der Waals surface area contributed by atoms with Crippen molar-refractivity contribution in [2.24, 2.45) is 0 Å². The van der Waals surface area contributed by atoms with Gasteiger partial charge in [-0.2, -0.15) is 0 Å². The lowest BCUT2D eigenvalue weighted by Gasteiger charge is -2.09. The van der Waals surface area contributed by atoms with Crippen molar-refractivity contribution in [3.63, 3.8) is 0 Å². The Morgan fingerprint density at radius 3 is 2.70 bits per heavy atom. The van der Waals surface area contributed by atoms with Gasteiger partial charge in [-0.05, 0) is 52.7 Å². The Hall–Kier alpha value is -1.88. The second kappa shape index (κ2) is 6.52. The van der Waals surface area contributed by atoms with E-state index in [9.17, 15) is 9.18 Å². The molecule has 0 aliphatic carbocycles. The highest BCUT2D eigenvalue weighted by Gasteiger charge is 2.05. The largest absolute Gasteiger partial charge is 0.376 e. The molecule has 20 heavy (non-hydrogen) atoms. The van der Waals surface area contributed by atoms with Crippen LogP contribution in [0.2, 0.25) is 0 Å². The van der Waals surface area contributed by atoms with Crippen LogP contribution in [-0.4, -0.2) is 12.5 Å². The van der Waals surface area contributed by atoms with E-state index in [0.29, 0.717) is 16.9 Å². The molecule has 2 N–H and O–H groups in total. The maximum Gasteiger partial charge on any atom is 0.243 e. The zero-order chi connectivity index (χ0) is 14.5. The summed E-state index contributed by atoms with van der Waals surface area (Å²) < 4.78 is 14.2. The van der Waals surface area contributed by atoms with Gasteiger partial charge in [0.15, 0.2) is 0 Å². The molecule has 1 amide bonds. The van der Waals surface area contributed by atoms with Crippen molar-refractivity contribution in [1.29, 1.82) is 0 Å². The van der Waals surface area contributed by atoms with Crippen molar-refractivity contribution in [1.82, 2.24) is 0 Å². The van der Waals surface area contributed by atoms with Gasteiger partial charge >= 0.3 is 0 Å². The van der Waals surface area contributed by atoms with Gasteiger partial charge in [-0.1, -0.05) is 18.2 Å². The minimum Gasteiger partial charge on any atom is -0.376 e. The number of anilines is 2. The molecule has 0 saturated carbocycles. The molecule has 0 bridgehead atoms. The minimum atomic E-state index is -0.291. The normalized spacial score (nSPS) is 10.2. The first-order chi connectivity index (χ1) is 9.56. The fourth-order valence-corrected chi connectivity index (χ4v) is 2.03. The quantitative estimate of drug-likeness (QED) is 0.887. The molecular weight excluding hydrogens is 323 g/mol. The fraction of sp³-hybridized carbons (Fsp3) is 0.133. The van der Waals surface area contributed by atoms with Crippen LogP contribution >= 0.6 is 15.9 Å². The molecule has 0 heterocycles. The molecule has 0 unspecified atom stereocenters. The molecule has 0 fully saturated rings. The highest BCUT2D eigenvalue weighted by molar-refractivity contribution is 9.10. The molecule has 104 valence electrons. The second-order valence-corrected chi connectivity index (χ2v) is 5.20. The highest BCUT2D eigenvalue weighted by atomic mass is 79.9. The number of benzene rings is 2. The summed E-state index contributed by atoms with van der Waals surface area (Å²) in [5.74, 6) is -0.487. The van der Waals surface area contributed by atoms with Crippen molar-refractivity contribution in [2.45, 2.75) is 6.92 Å². The van der Waals surface area contributed by atoms with E-state index in [1.54, 1.807) is 25.1 Å². The van der Waals surface area contributed by atoms with E-state index in [4.69, 9.17) is 0 Å². The Balaban J connectivity index is 1.92. The number of amides is 1. The average Bonchev–Trinajstić information content (AvgIpc) is 2.43. The van der Waals surface area contributed by atoms with E-state index in [1.165, 1.54) is 6.07 Å². The first kappa shape index (κ1) is 14.5. The molecule has 0 aromatic heterocycles. The maximum absolute atomic E-state index is 13.4. The summed E-state index contributed by atoms with van der Waals surface area (Å²) in [6.07, 6.45) is 0. The van der Waals surface area contributed by atoms with Crippen LogP contribution in [0.15, 0.2) is 46.9 Å². The third-order valence-electron chi connectivity index (χ3n) is 2.77. The van der Waals surface area contributed by atoms with E-state index < -0.39 is 0 Å². The van der Waals surface area contributed by atoms with Crippen molar-refractivity contribution in [3.8, 4) is 0 Å². The van der Waals surface area contributed by atoms with Gasteiger partial charge in [-0.15, -0.1) is 0 Å². The van der Waals surface area contributed by atoms with E-state index in [-0.39, 0.29) is 18.3 Å². The predicted octanol–water partition coefficient (Wildman–Crippen LogP) is 3.95. The SMILES string of the molecule is Cc1ccc(NCC(=O)Nc2ccccc2Br)cc1F. The van der Waals surface area contributed by atoms with Crippen molar-refractivity contribution in [3.05, 3.63) is 58.3 Å². The Kier molecular flexibility index (Phi) is 4.74. The summed E-state index contributed by atoms with van der Waals surface area (Å²) in [6.45, 7) is 1.77. The van der Waals surface area contributed by atoms with Gasteiger partial charge in [-0.3, -0.25) is 4.79 Å².